The summed E-state index contributed by atoms with van der Waals surface area (Å²) in [7, 11) is 2.05. The number of hydrogen-bond donors (Lipinski definition) is 1. The zero-order valence-electron chi connectivity index (χ0n) is 12.2. The molecule has 0 radical (unpaired) electrons. The Morgan fingerprint density at radius 2 is 2.11 bits per heavy atom. The minimum absolute atomic E-state index is 0.122. The van der Waals surface area contributed by atoms with E-state index >= 15 is 0 Å². The third-order valence-corrected chi connectivity index (χ3v) is 4.72. The van der Waals surface area contributed by atoms with Gasteiger partial charge in [-0.15, -0.1) is 0 Å². The number of hydrogen-bond acceptors (Lipinski definition) is 1. The molecule has 1 aliphatic rings. The molecule has 0 bridgehead atoms. The van der Waals surface area contributed by atoms with Crippen LogP contribution in [0.2, 0.25) is 0 Å². The topological polar surface area (TPSA) is 12.0 Å². The molecule has 0 heterocycles. The Bertz CT molecular complexity index is 391. The van der Waals surface area contributed by atoms with E-state index in [9.17, 15) is 4.39 Å². The molecule has 1 nitrogen and oxygen atoms in total. The van der Waals surface area contributed by atoms with Crippen molar-refractivity contribution in [3.8, 4) is 0 Å². The molecule has 0 saturated heterocycles. The van der Waals surface area contributed by atoms with Crippen LogP contribution in [0.25, 0.3) is 0 Å². The molecule has 0 aromatic heterocycles. The van der Waals surface area contributed by atoms with Crippen molar-refractivity contribution < 1.29 is 4.39 Å². The van der Waals surface area contributed by atoms with Crippen LogP contribution in [-0.2, 0) is 6.42 Å². The van der Waals surface area contributed by atoms with Crippen molar-refractivity contribution >= 4 is 0 Å². The van der Waals surface area contributed by atoms with Crippen LogP contribution in [-0.4, -0.2) is 13.1 Å². The van der Waals surface area contributed by atoms with Gasteiger partial charge in [0, 0.05) is 6.04 Å². The summed E-state index contributed by atoms with van der Waals surface area (Å²) in [5, 5.41) is 3.48. The van der Waals surface area contributed by atoms with Gasteiger partial charge in [0.15, 0.2) is 0 Å². The summed E-state index contributed by atoms with van der Waals surface area (Å²) >= 11 is 0. The van der Waals surface area contributed by atoms with E-state index in [1.54, 1.807) is 6.07 Å². The van der Waals surface area contributed by atoms with E-state index in [-0.39, 0.29) is 5.82 Å². The van der Waals surface area contributed by atoms with Gasteiger partial charge in [-0.3, -0.25) is 0 Å². The van der Waals surface area contributed by atoms with E-state index in [0.717, 1.165) is 23.8 Å². The van der Waals surface area contributed by atoms with E-state index < -0.39 is 0 Å². The molecule has 106 valence electrons. The van der Waals surface area contributed by atoms with Crippen LogP contribution in [0.1, 0.15) is 44.6 Å². The summed E-state index contributed by atoms with van der Waals surface area (Å²) in [6.45, 7) is 2.30. The van der Waals surface area contributed by atoms with Crippen molar-refractivity contribution in [2.24, 2.45) is 11.8 Å². The molecule has 3 unspecified atom stereocenters. The SMILES string of the molecule is CCC1CCCCC1C(Cc1cccc(F)c1)NC. The number of likely N-dealkylation sites (N-methyl/N-ethyl adjacent to an activating group) is 1. The van der Waals surface area contributed by atoms with Gasteiger partial charge in [-0.05, 0) is 49.4 Å². The van der Waals surface area contributed by atoms with Gasteiger partial charge in [-0.25, -0.2) is 4.39 Å². The fourth-order valence-corrected chi connectivity index (χ4v) is 3.66. The van der Waals surface area contributed by atoms with E-state index in [2.05, 4.69) is 12.2 Å². The summed E-state index contributed by atoms with van der Waals surface area (Å²) < 4.78 is 13.3. The van der Waals surface area contributed by atoms with Crippen molar-refractivity contribution in [1.29, 1.82) is 0 Å². The first-order valence-electron chi connectivity index (χ1n) is 7.66. The van der Waals surface area contributed by atoms with Crippen molar-refractivity contribution in [1.82, 2.24) is 5.32 Å². The summed E-state index contributed by atoms with van der Waals surface area (Å²) in [6.07, 6.45) is 7.62. The zero-order valence-corrected chi connectivity index (χ0v) is 12.2. The Morgan fingerprint density at radius 3 is 2.79 bits per heavy atom. The van der Waals surface area contributed by atoms with Crippen molar-refractivity contribution in [3.05, 3.63) is 35.6 Å². The fraction of sp³-hybridized carbons (Fsp3) is 0.647. The largest absolute Gasteiger partial charge is 0.316 e. The van der Waals surface area contributed by atoms with Gasteiger partial charge in [0.05, 0.1) is 0 Å². The highest BCUT2D eigenvalue weighted by Gasteiger charge is 2.29. The van der Waals surface area contributed by atoms with Crippen LogP contribution in [0, 0.1) is 17.7 Å². The maximum absolute atomic E-state index is 13.3. The average Bonchev–Trinajstić information content (AvgIpc) is 2.45. The highest BCUT2D eigenvalue weighted by molar-refractivity contribution is 5.17. The maximum Gasteiger partial charge on any atom is 0.123 e. The van der Waals surface area contributed by atoms with Crippen LogP contribution < -0.4 is 5.32 Å². The standard InChI is InChI=1S/C17H26FN/c1-3-14-8-4-5-10-16(14)17(19-2)12-13-7-6-9-15(18)11-13/h6-7,9,11,14,16-17,19H,3-5,8,10,12H2,1-2H3. The van der Waals surface area contributed by atoms with Gasteiger partial charge >= 0.3 is 0 Å². The molecule has 1 saturated carbocycles. The van der Waals surface area contributed by atoms with Gasteiger partial charge in [0.1, 0.15) is 5.82 Å². The minimum atomic E-state index is -0.122. The molecule has 1 aromatic carbocycles. The molecular weight excluding hydrogens is 237 g/mol. The number of nitrogens with one attached hydrogen (secondary N) is 1. The summed E-state index contributed by atoms with van der Waals surface area (Å²) in [5.41, 5.74) is 1.11. The Hall–Kier alpha value is -0.890. The summed E-state index contributed by atoms with van der Waals surface area (Å²) in [6, 6.07) is 7.53. The van der Waals surface area contributed by atoms with Crippen LogP contribution in [0.15, 0.2) is 24.3 Å². The predicted molar refractivity (Wildman–Crippen MR) is 78.7 cm³/mol. The van der Waals surface area contributed by atoms with Crippen molar-refractivity contribution in [3.63, 3.8) is 0 Å². The van der Waals surface area contributed by atoms with Crippen LogP contribution in [0.4, 0.5) is 4.39 Å². The molecule has 1 N–H and O–H groups in total. The van der Waals surface area contributed by atoms with Crippen LogP contribution >= 0.6 is 0 Å². The van der Waals surface area contributed by atoms with Crippen molar-refractivity contribution in [2.75, 3.05) is 7.05 Å². The Labute approximate surface area is 116 Å². The Balaban J connectivity index is 2.06. The van der Waals surface area contributed by atoms with E-state index in [0.29, 0.717) is 6.04 Å². The molecule has 2 heteroatoms. The van der Waals surface area contributed by atoms with Gasteiger partial charge in [-0.2, -0.15) is 0 Å². The molecule has 19 heavy (non-hydrogen) atoms. The second kappa shape index (κ2) is 7.04. The van der Waals surface area contributed by atoms with Gasteiger partial charge in [-0.1, -0.05) is 44.7 Å². The minimum Gasteiger partial charge on any atom is -0.316 e. The lowest BCUT2D eigenvalue weighted by Gasteiger charge is -2.37. The summed E-state index contributed by atoms with van der Waals surface area (Å²) in [5.74, 6) is 1.45. The lowest BCUT2D eigenvalue weighted by molar-refractivity contribution is 0.179. The molecule has 0 aliphatic heterocycles. The smallest absolute Gasteiger partial charge is 0.123 e. The quantitative estimate of drug-likeness (QED) is 0.840. The van der Waals surface area contributed by atoms with Crippen LogP contribution in [0.3, 0.4) is 0 Å². The second-order valence-electron chi connectivity index (χ2n) is 5.85. The number of rotatable bonds is 5. The van der Waals surface area contributed by atoms with Gasteiger partial charge < -0.3 is 5.32 Å². The fourth-order valence-electron chi connectivity index (χ4n) is 3.66. The molecule has 0 spiro atoms. The Morgan fingerprint density at radius 1 is 1.32 bits per heavy atom. The highest BCUT2D eigenvalue weighted by atomic mass is 19.1. The van der Waals surface area contributed by atoms with E-state index in [1.807, 2.05) is 19.2 Å². The van der Waals surface area contributed by atoms with E-state index in [1.165, 1.54) is 38.2 Å². The average molecular weight is 263 g/mol. The van der Waals surface area contributed by atoms with Crippen LogP contribution in [0.5, 0.6) is 0 Å². The highest BCUT2D eigenvalue weighted by Crippen LogP contribution is 2.35. The first-order chi connectivity index (χ1) is 9.24. The molecule has 1 fully saturated rings. The number of benzene rings is 1. The normalized spacial score (nSPS) is 25.2. The zero-order chi connectivity index (χ0) is 13.7. The van der Waals surface area contributed by atoms with Gasteiger partial charge in [0.25, 0.3) is 0 Å². The molecule has 1 aliphatic carbocycles. The molecule has 3 atom stereocenters. The third-order valence-electron chi connectivity index (χ3n) is 4.72. The molecule has 2 rings (SSSR count). The van der Waals surface area contributed by atoms with Gasteiger partial charge in [0.2, 0.25) is 0 Å². The third kappa shape index (κ3) is 3.79. The first kappa shape index (κ1) is 14.5. The van der Waals surface area contributed by atoms with E-state index in [4.69, 9.17) is 0 Å². The second-order valence-corrected chi connectivity index (χ2v) is 5.85. The lowest BCUT2D eigenvalue weighted by Crippen LogP contribution is -2.40. The predicted octanol–water partition coefficient (Wildman–Crippen LogP) is 4.17. The molecular formula is C17H26FN. The van der Waals surface area contributed by atoms with Crippen molar-refractivity contribution in [2.45, 2.75) is 51.5 Å². The monoisotopic (exact) mass is 263 g/mol. The maximum atomic E-state index is 13.3. The molecule has 1 aromatic rings. The molecule has 0 amide bonds. The Kier molecular flexibility index (Phi) is 5.38. The summed E-state index contributed by atoms with van der Waals surface area (Å²) in [4.78, 5) is 0. The number of halogens is 1. The lowest BCUT2D eigenvalue weighted by atomic mass is 9.73. The first-order valence-corrected chi connectivity index (χ1v) is 7.66.